The van der Waals surface area contributed by atoms with Gasteiger partial charge < -0.3 is 14.8 Å². The highest BCUT2D eigenvalue weighted by Crippen LogP contribution is 2.20. The smallest absolute Gasteiger partial charge is 0.316 e. The van der Waals surface area contributed by atoms with Crippen molar-refractivity contribution in [2.75, 3.05) is 20.6 Å². The number of fused-ring (bicyclic) bond motifs is 1. The van der Waals surface area contributed by atoms with Crippen molar-refractivity contribution in [2.24, 2.45) is 7.05 Å². The first-order valence-electron chi connectivity index (χ1n) is 6.91. The predicted octanol–water partition coefficient (Wildman–Crippen LogP) is 1.34. The molecule has 2 aromatic heterocycles. The van der Waals surface area contributed by atoms with Crippen LogP contribution in [0.2, 0.25) is 0 Å². The topological polar surface area (TPSA) is 68.0 Å². The summed E-state index contributed by atoms with van der Waals surface area (Å²) in [5.41, 5.74) is 2.81. The number of amides is 2. The van der Waals surface area contributed by atoms with Crippen molar-refractivity contribution in [3.05, 3.63) is 11.5 Å². The Morgan fingerprint density at radius 2 is 2.14 bits per heavy atom. The van der Waals surface area contributed by atoms with Gasteiger partial charge in [0.1, 0.15) is 11.3 Å². The third-order valence-corrected chi connectivity index (χ3v) is 3.58. The van der Waals surface area contributed by atoms with Gasteiger partial charge in [0, 0.05) is 34.2 Å². The standard InChI is InChI=1S/C13H21ClN6O/c1-5-9-11-12(19(4)17-9)20(10(8-14)16-11)7-6-15-13(21)18(2)3/h5-8H2,1-4H3,(H,15,21). The van der Waals surface area contributed by atoms with E-state index in [1.165, 1.54) is 4.90 Å². The van der Waals surface area contributed by atoms with Gasteiger partial charge in [0.25, 0.3) is 0 Å². The van der Waals surface area contributed by atoms with Crippen LogP contribution in [0.1, 0.15) is 18.4 Å². The minimum atomic E-state index is -0.113. The van der Waals surface area contributed by atoms with Crippen molar-refractivity contribution in [3.63, 3.8) is 0 Å². The maximum absolute atomic E-state index is 11.6. The van der Waals surface area contributed by atoms with E-state index in [9.17, 15) is 4.79 Å². The second kappa shape index (κ2) is 6.34. The number of urea groups is 1. The molecular weight excluding hydrogens is 292 g/mol. The first-order chi connectivity index (χ1) is 9.99. The SMILES string of the molecule is CCc1nn(C)c2c1nc(CCl)n2CCNC(=O)N(C)C. The van der Waals surface area contributed by atoms with Gasteiger partial charge in [-0.25, -0.2) is 9.78 Å². The van der Waals surface area contributed by atoms with E-state index in [2.05, 4.69) is 22.3 Å². The fraction of sp³-hybridized carbons (Fsp3) is 0.615. The quantitative estimate of drug-likeness (QED) is 0.847. The molecule has 0 aliphatic heterocycles. The normalized spacial score (nSPS) is 11.1. The van der Waals surface area contributed by atoms with Crippen LogP contribution in [0, 0.1) is 0 Å². The number of nitrogens with one attached hydrogen (secondary N) is 1. The van der Waals surface area contributed by atoms with Crippen molar-refractivity contribution in [2.45, 2.75) is 25.8 Å². The molecule has 0 aliphatic carbocycles. The molecular formula is C13H21ClN6O. The molecule has 2 amide bonds. The summed E-state index contributed by atoms with van der Waals surface area (Å²) in [6, 6.07) is -0.113. The van der Waals surface area contributed by atoms with Gasteiger partial charge in [0.05, 0.1) is 11.6 Å². The largest absolute Gasteiger partial charge is 0.336 e. The first-order valence-corrected chi connectivity index (χ1v) is 7.45. The van der Waals surface area contributed by atoms with Gasteiger partial charge in [-0.2, -0.15) is 5.10 Å². The minimum Gasteiger partial charge on any atom is -0.336 e. The number of carbonyl (C=O) groups is 1. The number of imidazole rings is 1. The fourth-order valence-electron chi connectivity index (χ4n) is 2.29. The predicted molar refractivity (Wildman–Crippen MR) is 82.5 cm³/mol. The third kappa shape index (κ3) is 2.97. The number of aryl methyl sites for hydroxylation is 2. The van der Waals surface area contributed by atoms with E-state index in [4.69, 9.17) is 11.6 Å². The highest BCUT2D eigenvalue weighted by molar-refractivity contribution is 6.16. The number of nitrogens with zero attached hydrogens (tertiary/aromatic N) is 5. The molecule has 7 nitrogen and oxygen atoms in total. The fourth-order valence-corrected chi connectivity index (χ4v) is 2.50. The second-order valence-corrected chi connectivity index (χ2v) is 5.30. The summed E-state index contributed by atoms with van der Waals surface area (Å²) >= 11 is 5.99. The summed E-state index contributed by atoms with van der Waals surface area (Å²) in [5, 5.41) is 7.31. The Morgan fingerprint density at radius 3 is 2.71 bits per heavy atom. The zero-order chi connectivity index (χ0) is 15.6. The third-order valence-electron chi connectivity index (χ3n) is 3.34. The van der Waals surface area contributed by atoms with Crippen molar-refractivity contribution in [1.29, 1.82) is 0 Å². The molecule has 0 saturated carbocycles. The number of halogens is 1. The Morgan fingerprint density at radius 1 is 1.43 bits per heavy atom. The molecule has 0 aliphatic rings. The van der Waals surface area contributed by atoms with Crippen LogP contribution in [-0.2, 0) is 25.9 Å². The van der Waals surface area contributed by atoms with E-state index in [-0.39, 0.29) is 6.03 Å². The van der Waals surface area contributed by atoms with Gasteiger partial charge in [-0.1, -0.05) is 6.92 Å². The number of alkyl halides is 1. The highest BCUT2D eigenvalue weighted by atomic mass is 35.5. The minimum absolute atomic E-state index is 0.113. The van der Waals surface area contributed by atoms with Crippen LogP contribution < -0.4 is 5.32 Å². The van der Waals surface area contributed by atoms with Gasteiger partial charge in [-0.05, 0) is 6.42 Å². The molecule has 0 unspecified atom stereocenters. The summed E-state index contributed by atoms with van der Waals surface area (Å²) in [6.07, 6.45) is 0.827. The molecule has 0 aromatic carbocycles. The average molecular weight is 313 g/mol. The Kier molecular flexibility index (Phi) is 4.72. The molecule has 0 bridgehead atoms. The van der Waals surface area contributed by atoms with Crippen molar-refractivity contribution in [1.82, 2.24) is 29.5 Å². The van der Waals surface area contributed by atoms with E-state index in [1.54, 1.807) is 14.1 Å². The Balaban J connectivity index is 2.25. The molecule has 0 radical (unpaired) electrons. The molecule has 21 heavy (non-hydrogen) atoms. The number of rotatable bonds is 5. The molecule has 1 N–H and O–H groups in total. The van der Waals surface area contributed by atoms with Crippen LogP contribution in [0.4, 0.5) is 4.79 Å². The second-order valence-electron chi connectivity index (χ2n) is 5.04. The number of hydrogen-bond acceptors (Lipinski definition) is 3. The lowest BCUT2D eigenvalue weighted by Crippen LogP contribution is -2.36. The Labute approximate surface area is 128 Å². The number of hydrogen-bond donors (Lipinski definition) is 1. The molecule has 2 rings (SSSR count). The number of carbonyl (C=O) groups excluding carboxylic acids is 1. The molecule has 0 spiro atoms. The van der Waals surface area contributed by atoms with E-state index < -0.39 is 0 Å². The zero-order valence-corrected chi connectivity index (χ0v) is 13.6. The lowest BCUT2D eigenvalue weighted by Gasteiger charge is -2.13. The van der Waals surface area contributed by atoms with Crippen molar-refractivity contribution < 1.29 is 4.79 Å². The first kappa shape index (κ1) is 15.6. The summed E-state index contributed by atoms with van der Waals surface area (Å²) in [7, 11) is 5.32. The summed E-state index contributed by atoms with van der Waals surface area (Å²) in [4.78, 5) is 17.6. The Hall–Kier alpha value is -1.76. The van der Waals surface area contributed by atoms with Crippen LogP contribution in [0.25, 0.3) is 11.2 Å². The van der Waals surface area contributed by atoms with Gasteiger partial charge in [0.15, 0.2) is 5.65 Å². The van der Waals surface area contributed by atoms with Crippen LogP contribution in [0.3, 0.4) is 0 Å². The molecule has 0 atom stereocenters. The van der Waals surface area contributed by atoms with E-state index >= 15 is 0 Å². The number of aromatic nitrogens is 4. The lowest BCUT2D eigenvalue weighted by molar-refractivity contribution is 0.217. The van der Waals surface area contributed by atoms with Crippen molar-refractivity contribution in [3.8, 4) is 0 Å². The monoisotopic (exact) mass is 312 g/mol. The lowest BCUT2D eigenvalue weighted by atomic mass is 10.3. The van der Waals surface area contributed by atoms with Crippen LogP contribution in [0.15, 0.2) is 0 Å². The van der Waals surface area contributed by atoms with E-state index in [0.717, 1.165) is 29.1 Å². The highest BCUT2D eigenvalue weighted by Gasteiger charge is 2.17. The molecule has 0 fully saturated rings. The summed E-state index contributed by atoms with van der Waals surface area (Å²) in [6.45, 7) is 3.18. The molecule has 2 aromatic rings. The van der Waals surface area contributed by atoms with Gasteiger partial charge in [-0.3, -0.25) is 4.68 Å². The van der Waals surface area contributed by atoms with E-state index in [0.29, 0.717) is 19.0 Å². The van der Waals surface area contributed by atoms with Crippen LogP contribution in [0.5, 0.6) is 0 Å². The zero-order valence-electron chi connectivity index (χ0n) is 12.9. The van der Waals surface area contributed by atoms with Gasteiger partial charge in [-0.15, -0.1) is 11.6 Å². The summed E-state index contributed by atoms with van der Waals surface area (Å²) in [5.74, 6) is 1.13. The molecule has 8 heteroatoms. The molecule has 2 heterocycles. The maximum atomic E-state index is 11.6. The summed E-state index contributed by atoms with van der Waals surface area (Å²) < 4.78 is 3.84. The van der Waals surface area contributed by atoms with Crippen LogP contribution in [-0.4, -0.2) is 50.9 Å². The van der Waals surface area contributed by atoms with Gasteiger partial charge in [0.2, 0.25) is 0 Å². The van der Waals surface area contributed by atoms with Crippen molar-refractivity contribution >= 4 is 28.8 Å². The van der Waals surface area contributed by atoms with Crippen LogP contribution >= 0.6 is 11.6 Å². The molecule has 116 valence electrons. The van der Waals surface area contributed by atoms with Gasteiger partial charge >= 0.3 is 6.03 Å². The maximum Gasteiger partial charge on any atom is 0.316 e. The average Bonchev–Trinajstić information content (AvgIpc) is 2.96. The van der Waals surface area contributed by atoms with E-state index in [1.807, 2.05) is 16.3 Å². The molecule has 0 saturated heterocycles. The Bertz CT molecular complexity index is 645.